The van der Waals surface area contributed by atoms with E-state index in [-0.39, 0.29) is 17.3 Å². The van der Waals surface area contributed by atoms with Crippen LogP contribution in [0.15, 0.2) is 29.6 Å². The third kappa shape index (κ3) is 3.86. The van der Waals surface area contributed by atoms with Crippen LogP contribution in [0.3, 0.4) is 0 Å². The van der Waals surface area contributed by atoms with Crippen molar-refractivity contribution >= 4 is 22.7 Å². The Hall–Kier alpha value is -2.43. The molecule has 1 N–H and O–H groups in total. The molecule has 120 valence electrons. The minimum atomic E-state index is -0.454. The minimum absolute atomic E-state index is 0.0379. The molecule has 1 heterocycles. The normalized spacial score (nSPS) is 12.0. The second kappa shape index (κ2) is 7.22. The van der Waals surface area contributed by atoms with Crippen molar-refractivity contribution in [1.82, 2.24) is 4.90 Å². The summed E-state index contributed by atoms with van der Waals surface area (Å²) in [5, 5.41) is 25.5. The minimum Gasteiger partial charge on any atom is -0.383 e. The number of nitriles is 1. The molecule has 0 aliphatic carbocycles. The molecule has 0 radical (unpaired) electrons. The van der Waals surface area contributed by atoms with Crippen molar-refractivity contribution < 1.29 is 4.92 Å². The van der Waals surface area contributed by atoms with Crippen LogP contribution in [0.25, 0.3) is 0 Å². The summed E-state index contributed by atoms with van der Waals surface area (Å²) >= 11 is 1.67. The molecule has 2 aromatic rings. The zero-order chi connectivity index (χ0) is 17.0. The predicted octanol–water partition coefficient (Wildman–Crippen LogP) is 3.55. The van der Waals surface area contributed by atoms with Crippen molar-refractivity contribution in [1.29, 1.82) is 5.26 Å². The van der Waals surface area contributed by atoms with Gasteiger partial charge < -0.3 is 10.2 Å². The molecule has 0 fully saturated rings. The SMILES string of the molecule is Cc1c(NC[C@H](c2cccs2)N(C)C)cc(C#N)cc1[N+](=O)[O-]. The van der Waals surface area contributed by atoms with Gasteiger partial charge in [0.25, 0.3) is 5.69 Å². The molecule has 0 saturated carbocycles. The highest BCUT2D eigenvalue weighted by Crippen LogP contribution is 2.29. The van der Waals surface area contributed by atoms with Crippen molar-refractivity contribution in [3.8, 4) is 6.07 Å². The summed E-state index contributed by atoms with van der Waals surface area (Å²) < 4.78 is 0. The quantitative estimate of drug-likeness (QED) is 0.647. The number of nitro groups is 1. The number of nitrogens with one attached hydrogen (secondary N) is 1. The summed E-state index contributed by atoms with van der Waals surface area (Å²) in [7, 11) is 3.99. The second-order valence-electron chi connectivity index (χ2n) is 5.41. The predicted molar refractivity (Wildman–Crippen MR) is 91.8 cm³/mol. The Morgan fingerprint density at radius 1 is 1.48 bits per heavy atom. The standard InChI is InChI=1S/C16H18N4O2S/c1-11-13(7-12(9-17)8-14(11)20(21)22)18-10-15(19(2)3)16-5-4-6-23-16/h4-8,15,18H,10H2,1-3H3/t15-/m1/s1. The molecule has 0 spiro atoms. The number of benzene rings is 1. The Morgan fingerprint density at radius 2 is 2.22 bits per heavy atom. The lowest BCUT2D eigenvalue weighted by Gasteiger charge is -2.24. The molecule has 0 unspecified atom stereocenters. The first kappa shape index (κ1) is 16.9. The summed E-state index contributed by atoms with van der Waals surface area (Å²) in [6.45, 7) is 2.29. The van der Waals surface area contributed by atoms with Crippen LogP contribution in [0.2, 0.25) is 0 Å². The first-order valence-electron chi connectivity index (χ1n) is 7.07. The fraction of sp³-hybridized carbons (Fsp3) is 0.312. The highest BCUT2D eigenvalue weighted by atomic mass is 32.1. The van der Waals surface area contributed by atoms with E-state index >= 15 is 0 Å². The number of nitro benzene ring substituents is 1. The van der Waals surface area contributed by atoms with Gasteiger partial charge in [-0.05, 0) is 38.5 Å². The van der Waals surface area contributed by atoms with Gasteiger partial charge in [-0.25, -0.2) is 0 Å². The fourth-order valence-electron chi connectivity index (χ4n) is 2.36. The third-order valence-electron chi connectivity index (χ3n) is 3.69. The van der Waals surface area contributed by atoms with Crippen molar-refractivity contribution in [2.75, 3.05) is 26.0 Å². The maximum atomic E-state index is 11.1. The van der Waals surface area contributed by atoms with E-state index in [1.54, 1.807) is 24.3 Å². The van der Waals surface area contributed by atoms with Gasteiger partial charge in [0.05, 0.1) is 22.6 Å². The summed E-state index contributed by atoms with van der Waals surface area (Å²) in [6, 6.07) is 9.16. The lowest BCUT2D eigenvalue weighted by Crippen LogP contribution is -2.26. The molecule has 0 aliphatic rings. The van der Waals surface area contributed by atoms with E-state index in [0.29, 0.717) is 17.8 Å². The van der Waals surface area contributed by atoms with Crippen molar-refractivity contribution in [3.63, 3.8) is 0 Å². The molecule has 1 atom stereocenters. The van der Waals surface area contributed by atoms with E-state index in [1.165, 1.54) is 10.9 Å². The molecule has 2 rings (SSSR count). The maximum absolute atomic E-state index is 11.1. The molecular formula is C16H18N4O2S. The van der Waals surface area contributed by atoms with Crippen LogP contribution in [0.1, 0.15) is 22.0 Å². The van der Waals surface area contributed by atoms with Crippen LogP contribution < -0.4 is 5.32 Å². The van der Waals surface area contributed by atoms with E-state index in [2.05, 4.69) is 16.3 Å². The second-order valence-corrected chi connectivity index (χ2v) is 6.39. The highest BCUT2D eigenvalue weighted by molar-refractivity contribution is 7.10. The van der Waals surface area contributed by atoms with Crippen LogP contribution >= 0.6 is 11.3 Å². The smallest absolute Gasteiger partial charge is 0.275 e. The lowest BCUT2D eigenvalue weighted by atomic mass is 10.1. The van der Waals surface area contributed by atoms with Gasteiger partial charge in [0.15, 0.2) is 0 Å². The zero-order valence-electron chi connectivity index (χ0n) is 13.2. The summed E-state index contributed by atoms with van der Waals surface area (Å²) in [5.74, 6) is 0. The number of anilines is 1. The zero-order valence-corrected chi connectivity index (χ0v) is 14.1. The van der Waals surface area contributed by atoms with Crippen LogP contribution in [0.5, 0.6) is 0 Å². The molecular weight excluding hydrogens is 312 g/mol. The topological polar surface area (TPSA) is 82.2 Å². The number of thiophene rings is 1. The Labute approximate surface area is 139 Å². The van der Waals surface area contributed by atoms with Gasteiger partial charge in [0, 0.05) is 28.7 Å². The molecule has 0 amide bonds. The van der Waals surface area contributed by atoms with Crippen LogP contribution in [0.4, 0.5) is 11.4 Å². The number of rotatable bonds is 6. The molecule has 6 nitrogen and oxygen atoms in total. The number of likely N-dealkylation sites (N-methyl/N-ethyl adjacent to an activating group) is 1. The monoisotopic (exact) mass is 330 g/mol. The Balaban J connectivity index is 2.27. The Bertz CT molecular complexity index is 735. The van der Waals surface area contributed by atoms with E-state index in [9.17, 15) is 10.1 Å². The molecule has 0 saturated heterocycles. The number of hydrogen-bond donors (Lipinski definition) is 1. The van der Waals surface area contributed by atoms with Crippen LogP contribution in [-0.4, -0.2) is 30.5 Å². The van der Waals surface area contributed by atoms with E-state index in [0.717, 1.165) is 0 Å². The van der Waals surface area contributed by atoms with Crippen LogP contribution in [-0.2, 0) is 0 Å². The van der Waals surface area contributed by atoms with Crippen molar-refractivity contribution in [2.45, 2.75) is 13.0 Å². The van der Waals surface area contributed by atoms with E-state index < -0.39 is 4.92 Å². The highest BCUT2D eigenvalue weighted by Gasteiger charge is 2.19. The summed E-state index contributed by atoms with van der Waals surface area (Å²) in [4.78, 5) is 14.0. The first-order chi connectivity index (χ1) is 10.9. The van der Waals surface area contributed by atoms with Gasteiger partial charge in [-0.3, -0.25) is 10.1 Å². The summed E-state index contributed by atoms with van der Waals surface area (Å²) in [6.07, 6.45) is 0. The molecule has 23 heavy (non-hydrogen) atoms. The van der Waals surface area contributed by atoms with Crippen LogP contribution in [0, 0.1) is 28.4 Å². The van der Waals surface area contributed by atoms with Gasteiger partial charge in [-0.15, -0.1) is 11.3 Å². The number of nitrogens with zero attached hydrogens (tertiary/aromatic N) is 3. The average molecular weight is 330 g/mol. The number of hydrogen-bond acceptors (Lipinski definition) is 6. The van der Waals surface area contributed by atoms with Gasteiger partial charge in [-0.1, -0.05) is 6.07 Å². The van der Waals surface area contributed by atoms with E-state index in [1.807, 2.05) is 31.6 Å². The van der Waals surface area contributed by atoms with Gasteiger partial charge in [0.2, 0.25) is 0 Å². The Kier molecular flexibility index (Phi) is 5.32. The molecule has 0 aliphatic heterocycles. The fourth-order valence-corrected chi connectivity index (χ4v) is 3.28. The van der Waals surface area contributed by atoms with Gasteiger partial charge in [0.1, 0.15) is 0 Å². The molecule has 1 aromatic heterocycles. The molecule has 7 heteroatoms. The van der Waals surface area contributed by atoms with E-state index in [4.69, 9.17) is 5.26 Å². The summed E-state index contributed by atoms with van der Waals surface area (Å²) in [5.41, 5.74) is 1.41. The maximum Gasteiger partial charge on any atom is 0.275 e. The molecule has 0 bridgehead atoms. The average Bonchev–Trinajstić information content (AvgIpc) is 3.02. The third-order valence-corrected chi connectivity index (χ3v) is 4.66. The lowest BCUT2D eigenvalue weighted by molar-refractivity contribution is -0.385. The Morgan fingerprint density at radius 3 is 2.74 bits per heavy atom. The molecule has 1 aromatic carbocycles. The van der Waals surface area contributed by atoms with Crippen molar-refractivity contribution in [3.05, 3.63) is 55.8 Å². The largest absolute Gasteiger partial charge is 0.383 e. The van der Waals surface area contributed by atoms with Crippen molar-refractivity contribution in [2.24, 2.45) is 0 Å². The first-order valence-corrected chi connectivity index (χ1v) is 7.94. The van der Waals surface area contributed by atoms with Gasteiger partial charge >= 0.3 is 0 Å². The van der Waals surface area contributed by atoms with Gasteiger partial charge in [-0.2, -0.15) is 5.26 Å².